The molecule has 0 aliphatic carbocycles. The number of hydrogen-bond donors (Lipinski definition) is 0. The van der Waals surface area contributed by atoms with E-state index in [2.05, 4.69) is 6.92 Å². The van der Waals surface area contributed by atoms with Crippen molar-refractivity contribution in [1.29, 1.82) is 0 Å². The number of hydrogen-bond acceptors (Lipinski definition) is 5. The molecule has 1 unspecified atom stereocenters. The Kier molecular flexibility index (Phi) is 12.1. The summed E-state index contributed by atoms with van der Waals surface area (Å²) in [6.45, 7) is 2.22. The van der Waals surface area contributed by atoms with Gasteiger partial charge in [0.15, 0.2) is 6.10 Å². The van der Waals surface area contributed by atoms with Gasteiger partial charge in [-0.2, -0.15) is 0 Å². The Balaban J connectivity index is 1.99. The molecule has 0 aliphatic heterocycles. The third-order valence-electron chi connectivity index (χ3n) is 5.71. The van der Waals surface area contributed by atoms with Crippen molar-refractivity contribution >= 4 is 11.8 Å². The Labute approximate surface area is 198 Å². The molecule has 33 heavy (non-hydrogen) atoms. The van der Waals surface area contributed by atoms with E-state index in [-0.39, 0.29) is 11.8 Å². The zero-order valence-corrected chi connectivity index (χ0v) is 20.3. The number of benzene rings is 2. The van der Waals surface area contributed by atoms with Crippen molar-refractivity contribution in [2.75, 3.05) is 14.2 Å². The zero-order valence-electron chi connectivity index (χ0n) is 20.3. The summed E-state index contributed by atoms with van der Waals surface area (Å²) in [5.74, 6) is 0.427. The second-order valence-corrected chi connectivity index (χ2v) is 8.32. The monoisotopic (exact) mass is 454 g/mol. The summed E-state index contributed by atoms with van der Waals surface area (Å²) in [6, 6.07) is 14.0. The Morgan fingerprint density at radius 2 is 1.30 bits per heavy atom. The Bertz CT molecular complexity index is 824. The van der Waals surface area contributed by atoms with Crippen LogP contribution >= 0.6 is 0 Å². The van der Waals surface area contributed by atoms with Gasteiger partial charge in [0.1, 0.15) is 11.5 Å². The van der Waals surface area contributed by atoms with Crippen molar-refractivity contribution in [2.45, 2.75) is 77.2 Å². The van der Waals surface area contributed by atoms with E-state index < -0.39 is 6.10 Å². The van der Waals surface area contributed by atoms with Crippen LogP contribution in [0.25, 0.3) is 0 Å². The largest absolute Gasteiger partial charge is 0.497 e. The molecule has 180 valence electrons. The van der Waals surface area contributed by atoms with Crippen LogP contribution < -0.4 is 9.47 Å². The lowest BCUT2D eigenvalue weighted by Crippen LogP contribution is -2.20. The van der Waals surface area contributed by atoms with Gasteiger partial charge < -0.3 is 14.2 Å². The van der Waals surface area contributed by atoms with Crippen molar-refractivity contribution < 1.29 is 23.8 Å². The number of methoxy groups -OCH3 is 2. The van der Waals surface area contributed by atoms with E-state index in [1.165, 1.54) is 38.5 Å². The minimum atomic E-state index is -1.05. The molecule has 0 heterocycles. The molecular formula is C28H38O5. The number of Topliss-reactive ketones (excluding diaryl/α,β-unsaturated/α-hetero) is 1. The number of carbonyl (C=O) groups is 2. The van der Waals surface area contributed by atoms with Gasteiger partial charge in [-0.25, -0.2) is 0 Å². The van der Waals surface area contributed by atoms with Crippen molar-refractivity contribution in [2.24, 2.45) is 0 Å². The van der Waals surface area contributed by atoms with Gasteiger partial charge in [-0.05, 0) is 18.6 Å². The zero-order chi connectivity index (χ0) is 23.9. The maximum atomic E-state index is 13.2. The average molecular weight is 455 g/mol. The first-order valence-corrected chi connectivity index (χ1v) is 12.1. The Hall–Kier alpha value is -2.82. The maximum Gasteiger partial charge on any atom is 0.306 e. The molecule has 0 spiro atoms. The van der Waals surface area contributed by atoms with E-state index in [1.54, 1.807) is 56.7 Å². The molecule has 0 aliphatic rings. The quantitative estimate of drug-likeness (QED) is 0.154. The predicted octanol–water partition coefficient (Wildman–Crippen LogP) is 7.09. The van der Waals surface area contributed by atoms with Gasteiger partial charge in [-0.3, -0.25) is 9.59 Å². The highest BCUT2D eigenvalue weighted by Crippen LogP contribution is 2.31. The van der Waals surface area contributed by atoms with E-state index in [9.17, 15) is 9.59 Å². The molecule has 0 radical (unpaired) electrons. The van der Waals surface area contributed by atoms with E-state index in [0.717, 1.165) is 19.3 Å². The highest BCUT2D eigenvalue weighted by molar-refractivity contribution is 6.01. The summed E-state index contributed by atoms with van der Waals surface area (Å²) >= 11 is 0. The van der Waals surface area contributed by atoms with E-state index in [4.69, 9.17) is 14.2 Å². The maximum absolute atomic E-state index is 13.2. The fraction of sp³-hybridized carbons (Fsp3) is 0.500. The minimum Gasteiger partial charge on any atom is -0.497 e. The molecule has 2 aromatic rings. The van der Waals surface area contributed by atoms with Crippen LogP contribution in [-0.2, 0) is 9.53 Å². The van der Waals surface area contributed by atoms with Crippen LogP contribution in [0.15, 0.2) is 48.5 Å². The van der Waals surface area contributed by atoms with Gasteiger partial charge >= 0.3 is 5.97 Å². The molecule has 2 aromatic carbocycles. The lowest BCUT2D eigenvalue weighted by Gasteiger charge is -2.19. The summed E-state index contributed by atoms with van der Waals surface area (Å²) in [5.41, 5.74) is 1.01. The van der Waals surface area contributed by atoms with Gasteiger partial charge in [0.25, 0.3) is 0 Å². The van der Waals surface area contributed by atoms with Crippen LogP contribution in [0.3, 0.4) is 0 Å². The third kappa shape index (κ3) is 9.29. The second-order valence-electron chi connectivity index (χ2n) is 8.32. The van der Waals surface area contributed by atoms with E-state index >= 15 is 0 Å². The summed E-state index contributed by atoms with van der Waals surface area (Å²) in [4.78, 5) is 25.9. The first kappa shape index (κ1) is 26.4. The van der Waals surface area contributed by atoms with Crippen LogP contribution in [0.1, 0.15) is 93.2 Å². The molecule has 2 rings (SSSR count). The van der Waals surface area contributed by atoms with Crippen LogP contribution in [-0.4, -0.2) is 26.0 Å². The topological polar surface area (TPSA) is 61.8 Å². The van der Waals surface area contributed by atoms with Crippen LogP contribution in [0.5, 0.6) is 11.5 Å². The van der Waals surface area contributed by atoms with Crippen molar-refractivity contribution in [1.82, 2.24) is 0 Å². The molecule has 0 aromatic heterocycles. The predicted molar refractivity (Wildman–Crippen MR) is 131 cm³/mol. The molecule has 5 heteroatoms. The molecular weight excluding hydrogens is 416 g/mol. The fourth-order valence-corrected chi connectivity index (χ4v) is 3.78. The highest BCUT2D eigenvalue weighted by Gasteiger charge is 2.27. The van der Waals surface area contributed by atoms with E-state index in [0.29, 0.717) is 29.0 Å². The number of ketones is 1. The van der Waals surface area contributed by atoms with Crippen LogP contribution in [0.4, 0.5) is 0 Å². The first-order valence-electron chi connectivity index (χ1n) is 12.1. The number of rotatable bonds is 16. The van der Waals surface area contributed by atoms with Crippen molar-refractivity contribution in [3.8, 4) is 11.5 Å². The molecule has 0 bridgehead atoms. The molecule has 0 saturated carbocycles. The van der Waals surface area contributed by atoms with Crippen LogP contribution in [0.2, 0.25) is 0 Å². The van der Waals surface area contributed by atoms with Gasteiger partial charge in [-0.1, -0.05) is 88.6 Å². The molecule has 0 amide bonds. The second kappa shape index (κ2) is 15.1. The Morgan fingerprint density at radius 1 is 0.758 bits per heavy atom. The summed E-state index contributed by atoms with van der Waals surface area (Å²) in [6.07, 6.45) is 9.78. The van der Waals surface area contributed by atoms with Crippen molar-refractivity contribution in [3.05, 3.63) is 59.7 Å². The van der Waals surface area contributed by atoms with Gasteiger partial charge in [0.2, 0.25) is 5.78 Å². The number of unbranched alkanes of at least 4 members (excludes halogenated alkanes) is 8. The summed E-state index contributed by atoms with van der Waals surface area (Å²) < 4.78 is 16.4. The summed E-state index contributed by atoms with van der Waals surface area (Å²) in [7, 11) is 3.09. The number of ether oxygens (including phenoxy) is 3. The normalized spacial score (nSPS) is 11.6. The standard InChI is InChI=1S/C28H38O5/c1-4-5-6-7-8-9-10-11-15-18-26(29)33-28(27(30)22-16-13-12-14-17-22)23-19-24(31-2)21-25(20-23)32-3/h12-14,16-17,19-21,28H,4-11,15,18H2,1-3H3. The van der Waals surface area contributed by atoms with Gasteiger partial charge in [0, 0.05) is 23.6 Å². The smallest absolute Gasteiger partial charge is 0.306 e. The van der Waals surface area contributed by atoms with Gasteiger partial charge in [-0.15, -0.1) is 0 Å². The number of esters is 1. The third-order valence-corrected chi connectivity index (χ3v) is 5.71. The molecule has 0 saturated heterocycles. The lowest BCUT2D eigenvalue weighted by atomic mass is 9.99. The highest BCUT2D eigenvalue weighted by atomic mass is 16.5. The molecule has 0 N–H and O–H groups in total. The van der Waals surface area contributed by atoms with Gasteiger partial charge in [0.05, 0.1) is 14.2 Å². The van der Waals surface area contributed by atoms with Crippen molar-refractivity contribution in [3.63, 3.8) is 0 Å². The SMILES string of the molecule is CCCCCCCCCCCC(=O)OC(C(=O)c1ccccc1)c1cc(OC)cc(OC)c1. The minimum absolute atomic E-state index is 0.272. The lowest BCUT2D eigenvalue weighted by molar-refractivity contribution is -0.147. The molecule has 5 nitrogen and oxygen atoms in total. The van der Waals surface area contributed by atoms with Crippen LogP contribution in [0, 0.1) is 0 Å². The summed E-state index contributed by atoms with van der Waals surface area (Å²) in [5, 5.41) is 0. The molecule has 1 atom stereocenters. The molecule has 0 fully saturated rings. The number of carbonyl (C=O) groups excluding carboxylic acids is 2. The Morgan fingerprint density at radius 3 is 1.85 bits per heavy atom. The average Bonchev–Trinajstić information content (AvgIpc) is 2.86. The fourth-order valence-electron chi connectivity index (χ4n) is 3.78. The van der Waals surface area contributed by atoms with E-state index in [1.807, 2.05) is 6.07 Å². The first-order chi connectivity index (χ1) is 16.1.